The first kappa shape index (κ1) is 39.5. The Morgan fingerprint density at radius 3 is 2.18 bits per heavy atom. The number of pyridine rings is 1. The van der Waals surface area contributed by atoms with Gasteiger partial charge in [0, 0.05) is 43.1 Å². The van der Waals surface area contributed by atoms with Crippen LogP contribution in [0.3, 0.4) is 0 Å². The fourth-order valence-electron chi connectivity index (χ4n) is 7.31. The Balaban J connectivity index is 1.15. The van der Waals surface area contributed by atoms with E-state index in [1.807, 2.05) is 23.4 Å². The zero-order valence-electron chi connectivity index (χ0n) is 30.9. The number of carboxylic acids is 2. The van der Waals surface area contributed by atoms with Gasteiger partial charge in [-0.1, -0.05) is 24.3 Å². The summed E-state index contributed by atoms with van der Waals surface area (Å²) in [6.07, 6.45) is 8.71. The number of carbonyl (C=O) groups excluding carboxylic acids is 2. The highest BCUT2D eigenvalue weighted by Gasteiger charge is 2.35. The average molecular weight is 766 g/mol. The Morgan fingerprint density at radius 2 is 1.53 bits per heavy atom. The van der Waals surface area contributed by atoms with Crippen LogP contribution in [-0.4, -0.2) is 73.5 Å². The maximum atomic E-state index is 13.9. The number of aromatic carboxylic acids is 1. The highest BCUT2D eigenvalue weighted by atomic mass is 32.2. The molecule has 1 saturated carbocycles. The number of hydrogen-bond donors (Lipinski definition) is 4. The molecule has 4 aromatic rings. The fourth-order valence-corrected chi connectivity index (χ4v) is 8.72. The number of carbonyl (C=O) groups is 4. The molecule has 1 unspecified atom stereocenters. The van der Waals surface area contributed by atoms with Gasteiger partial charge in [-0.3, -0.25) is 14.4 Å². The van der Waals surface area contributed by atoms with Crippen molar-refractivity contribution in [3.63, 3.8) is 0 Å². The first-order valence-electron chi connectivity index (χ1n) is 18.9. The molecule has 2 aliphatic rings. The second-order valence-electron chi connectivity index (χ2n) is 14.1. The molecule has 2 heterocycles. The maximum Gasteiger partial charge on any atom is 0.335 e. The standard InChI is InChI=1S/C42H47N5O7S/c1-2-47(33-18-16-31(17-19-33)42(52)53)55(54)35-8-6-7-32(25-35)39(48)44-37-21-20-34(46-23-4-3-5-24-46)26-36(37)40(49)45-38-22-13-29(27-43-38)10-9-28-11-14-30(15-12-28)41(50)51/h6-8,11-15,20-22,25-27,31,33H,2-5,9-10,16-19,23-24H2,1H3,(H,44,48)(H,50,51)(H,52,53)(H,43,45,49). The van der Waals surface area contributed by atoms with Gasteiger partial charge in [0.15, 0.2) is 4.90 Å². The lowest BCUT2D eigenvalue weighted by atomic mass is 9.86. The third kappa shape index (κ3) is 10.1. The molecule has 1 atom stereocenters. The summed E-state index contributed by atoms with van der Waals surface area (Å²) in [7, 11) is 0. The van der Waals surface area contributed by atoms with Gasteiger partial charge in [0.25, 0.3) is 11.8 Å². The largest absolute Gasteiger partial charge is 0.593 e. The minimum atomic E-state index is -1.56. The van der Waals surface area contributed by atoms with Crippen LogP contribution in [0.1, 0.15) is 94.1 Å². The van der Waals surface area contributed by atoms with E-state index in [0.717, 1.165) is 49.2 Å². The molecule has 12 nitrogen and oxygen atoms in total. The second-order valence-corrected chi connectivity index (χ2v) is 15.5. The third-order valence-corrected chi connectivity index (χ3v) is 12.1. The van der Waals surface area contributed by atoms with Crippen LogP contribution in [0.2, 0.25) is 0 Å². The molecule has 13 heteroatoms. The van der Waals surface area contributed by atoms with Crippen molar-refractivity contribution in [2.75, 3.05) is 35.2 Å². The van der Waals surface area contributed by atoms with Crippen LogP contribution in [-0.2, 0) is 29.0 Å². The molecule has 6 rings (SSSR count). The average Bonchev–Trinajstić information content (AvgIpc) is 3.21. The number of aryl methyl sites for hydroxylation is 2. The van der Waals surface area contributed by atoms with Crippen LogP contribution in [0.15, 0.2) is 90.0 Å². The molecule has 1 aliphatic heterocycles. The SMILES string of the molecule is CCN(C1CCC(C(=O)O)CC1)[S+]([O-])c1cccc(C(=O)Nc2ccc(N3CCCCC3)cc2C(=O)Nc2ccc(CCc3ccc(C(=O)O)cc3)cn2)c1. The lowest BCUT2D eigenvalue weighted by Gasteiger charge is -2.34. The topological polar surface area (TPSA) is 175 Å². The lowest BCUT2D eigenvalue weighted by molar-refractivity contribution is -0.143. The number of aromatic nitrogens is 1. The van der Waals surface area contributed by atoms with Crippen molar-refractivity contribution in [2.45, 2.75) is 75.6 Å². The van der Waals surface area contributed by atoms with Crippen molar-refractivity contribution in [2.24, 2.45) is 5.92 Å². The number of benzene rings is 3. The number of carboxylic acid groups (broad SMARTS) is 2. The smallest absolute Gasteiger partial charge is 0.335 e. The molecule has 3 aromatic carbocycles. The molecular formula is C42H47N5O7S. The van der Waals surface area contributed by atoms with Crippen molar-refractivity contribution >= 4 is 52.3 Å². The Morgan fingerprint density at radius 1 is 0.818 bits per heavy atom. The van der Waals surface area contributed by atoms with Gasteiger partial charge in [-0.05, 0) is 124 Å². The lowest BCUT2D eigenvalue weighted by Crippen LogP contribution is -2.42. The number of piperidine rings is 1. The van der Waals surface area contributed by atoms with Crippen molar-refractivity contribution in [3.05, 3.63) is 113 Å². The summed E-state index contributed by atoms with van der Waals surface area (Å²) in [5.74, 6) is -2.65. The van der Waals surface area contributed by atoms with Gasteiger partial charge in [0.05, 0.1) is 40.1 Å². The molecule has 1 saturated heterocycles. The molecule has 2 fully saturated rings. The highest BCUT2D eigenvalue weighted by Crippen LogP contribution is 2.32. The van der Waals surface area contributed by atoms with Gasteiger partial charge in [-0.15, -0.1) is 4.31 Å². The van der Waals surface area contributed by atoms with Crippen molar-refractivity contribution in [1.29, 1.82) is 0 Å². The molecule has 4 N–H and O–H groups in total. The monoisotopic (exact) mass is 765 g/mol. The van der Waals surface area contributed by atoms with E-state index in [2.05, 4.69) is 20.5 Å². The van der Waals surface area contributed by atoms with E-state index >= 15 is 0 Å². The van der Waals surface area contributed by atoms with Crippen LogP contribution < -0.4 is 15.5 Å². The molecule has 2 amide bonds. The van der Waals surface area contributed by atoms with Gasteiger partial charge in [-0.25, -0.2) is 9.78 Å². The van der Waals surface area contributed by atoms with E-state index in [1.54, 1.807) is 72.9 Å². The summed E-state index contributed by atoms with van der Waals surface area (Å²) in [5.41, 5.74) is 3.98. The summed E-state index contributed by atoms with van der Waals surface area (Å²) in [6.45, 7) is 4.18. The minimum absolute atomic E-state index is 0.0194. The number of hydrogen-bond acceptors (Lipinski definition) is 8. The van der Waals surface area contributed by atoms with E-state index in [0.29, 0.717) is 61.5 Å². The van der Waals surface area contributed by atoms with E-state index in [-0.39, 0.29) is 28.7 Å². The predicted molar refractivity (Wildman–Crippen MR) is 212 cm³/mol. The molecule has 1 aromatic heterocycles. The Bertz CT molecular complexity index is 1980. The first-order chi connectivity index (χ1) is 26.6. The van der Waals surface area contributed by atoms with E-state index in [9.17, 15) is 28.8 Å². The van der Waals surface area contributed by atoms with Crippen molar-refractivity contribution in [3.8, 4) is 0 Å². The molecule has 288 valence electrons. The minimum Gasteiger partial charge on any atom is -0.593 e. The number of nitrogens with one attached hydrogen (secondary N) is 2. The number of amides is 2. The fraction of sp³-hybridized carbons (Fsp3) is 0.357. The first-order valence-corrected chi connectivity index (χ1v) is 20.0. The van der Waals surface area contributed by atoms with Crippen molar-refractivity contribution < 1.29 is 33.9 Å². The molecule has 1 aliphatic carbocycles. The maximum absolute atomic E-state index is 13.9. The zero-order valence-corrected chi connectivity index (χ0v) is 31.7. The molecule has 0 bridgehead atoms. The van der Waals surface area contributed by atoms with E-state index in [1.165, 1.54) is 0 Å². The number of rotatable bonds is 14. The summed E-state index contributed by atoms with van der Waals surface area (Å²) in [5, 5.41) is 24.4. The van der Waals surface area contributed by atoms with Crippen molar-refractivity contribution in [1.82, 2.24) is 9.29 Å². The number of anilines is 3. The van der Waals surface area contributed by atoms with Gasteiger partial charge in [0.2, 0.25) is 0 Å². The Hall–Kier alpha value is -5.24. The third-order valence-electron chi connectivity index (χ3n) is 10.5. The summed E-state index contributed by atoms with van der Waals surface area (Å²) < 4.78 is 15.7. The normalized spacial score (nSPS) is 17.7. The number of aliphatic carboxylic acids is 1. The van der Waals surface area contributed by atoms with Crippen LogP contribution in [0.5, 0.6) is 0 Å². The second kappa shape index (κ2) is 18.4. The molecule has 55 heavy (non-hydrogen) atoms. The number of nitrogens with zero attached hydrogens (tertiary/aromatic N) is 3. The summed E-state index contributed by atoms with van der Waals surface area (Å²) in [6, 6.07) is 22.5. The van der Waals surface area contributed by atoms with Crippen LogP contribution in [0, 0.1) is 5.92 Å². The Labute approximate surface area is 324 Å². The highest BCUT2D eigenvalue weighted by molar-refractivity contribution is 7.89. The van der Waals surface area contributed by atoms with Gasteiger partial charge in [0.1, 0.15) is 5.82 Å². The van der Waals surface area contributed by atoms with Crippen LogP contribution in [0.4, 0.5) is 17.2 Å². The molecule has 0 spiro atoms. The molecule has 0 radical (unpaired) electrons. The predicted octanol–water partition coefficient (Wildman–Crippen LogP) is 7.05. The van der Waals surface area contributed by atoms with Crippen LogP contribution in [0.25, 0.3) is 0 Å². The van der Waals surface area contributed by atoms with Gasteiger partial charge < -0.3 is 30.3 Å². The Kier molecular flexibility index (Phi) is 13.2. The van der Waals surface area contributed by atoms with Gasteiger partial charge >= 0.3 is 11.9 Å². The summed E-state index contributed by atoms with van der Waals surface area (Å²) >= 11 is -1.56. The van der Waals surface area contributed by atoms with E-state index < -0.39 is 35.1 Å². The molecular weight excluding hydrogens is 719 g/mol. The summed E-state index contributed by atoms with van der Waals surface area (Å²) in [4.78, 5) is 57.4. The van der Waals surface area contributed by atoms with Gasteiger partial charge in [-0.2, -0.15) is 0 Å². The zero-order chi connectivity index (χ0) is 38.9. The quantitative estimate of drug-likeness (QED) is 0.0974. The van der Waals surface area contributed by atoms with E-state index in [4.69, 9.17) is 5.11 Å². The van der Waals surface area contributed by atoms with Crippen LogP contribution >= 0.6 is 0 Å².